The van der Waals surface area contributed by atoms with Gasteiger partial charge in [0.15, 0.2) is 0 Å². The number of ether oxygens (including phenoxy) is 1. The Morgan fingerprint density at radius 1 is 1.11 bits per heavy atom. The van der Waals surface area contributed by atoms with E-state index in [0.717, 1.165) is 54.3 Å². The maximum Gasteiger partial charge on any atom is 0.291 e. The van der Waals surface area contributed by atoms with E-state index in [4.69, 9.17) is 31.5 Å². The van der Waals surface area contributed by atoms with Gasteiger partial charge in [-0.3, -0.25) is 0 Å². The Bertz CT molecular complexity index is 1270. The molecule has 202 valence electrons. The van der Waals surface area contributed by atoms with E-state index in [0.29, 0.717) is 26.3 Å². The van der Waals surface area contributed by atoms with Crippen molar-refractivity contribution in [3.63, 3.8) is 0 Å². The monoisotopic (exact) mass is 536 g/mol. The van der Waals surface area contributed by atoms with Crippen LogP contribution in [0.1, 0.15) is 29.8 Å². The van der Waals surface area contributed by atoms with Crippen molar-refractivity contribution < 1.29 is 23.4 Å². The molecule has 37 heavy (non-hydrogen) atoms. The number of morpholine rings is 1. The van der Waals surface area contributed by atoms with E-state index in [2.05, 4.69) is 19.7 Å². The molecule has 2 aromatic rings. The first-order valence-corrected chi connectivity index (χ1v) is 13.1. The van der Waals surface area contributed by atoms with Crippen molar-refractivity contribution in [1.82, 2.24) is 8.87 Å². The number of hydrogen-bond acceptors (Lipinski definition) is 8. The van der Waals surface area contributed by atoms with Crippen LogP contribution < -0.4 is 16.4 Å². The average molecular weight is 537 g/mol. The van der Waals surface area contributed by atoms with Gasteiger partial charge in [0.2, 0.25) is 16.0 Å². The maximum atomic E-state index is 13.4. The quantitative estimate of drug-likeness (QED) is 0.209. The molecule has 15 heteroatoms. The van der Waals surface area contributed by atoms with Gasteiger partial charge >= 0.3 is 0 Å². The molecule has 5 N–H and O–H groups in total. The second kappa shape index (κ2) is 12.0. The summed E-state index contributed by atoms with van der Waals surface area (Å²) in [5.74, 6) is -0.114. The van der Waals surface area contributed by atoms with Gasteiger partial charge in [0, 0.05) is 43.1 Å². The zero-order chi connectivity index (χ0) is 27.2. The molecule has 1 aromatic carbocycles. The minimum atomic E-state index is -3.63. The van der Waals surface area contributed by atoms with Crippen molar-refractivity contribution in [2.24, 2.45) is 21.7 Å². The number of hydrogen-bond donors (Lipinski definition) is 3. The average Bonchev–Trinajstić information content (AvgIpc) is 3.47. The van der Waals surface area contributed by atoms with Crippen molar-refractivity contribution in [2.75, 3.05) is 44.3 Å². The molecule has 0 atom stereocenters. The van der Waals surface area contributed by atoms with Gasteiger partial charge in [-0.25, -0.2) is 8.42 Å². The van der Waals surface area contributed by atoms with Gasteiger partial charge in [-0.15, -0.1) is 15.2 Å². The third kappa shape index (κ3) is 6.75. The zero-order valence-electron chi connectivity index (χ0n) is 20.8. The normalized spacial score (nSPS) is 16.4. The van der Waals surface area contributed by atoms with Gasteiger partial charge in [0.1, 0.15) is 0 Å². The summed E-state index contributed by atoms with van der Waals surface area (Å²) in [7, 11) is -3.63. The van der Waals surface area contributed by atoms with Crippen LogP contribution in [-0.4, -0.2) is 79.2 Å². The van der Waals surface area contributed by atoms with Gasteiger partial charge in [-0.2, -0.15) is 9.41 Å². The second-order valence-corrected chi connectivity index (χ2v) is 10.5. The molecule has 0 saturated carbocycles. The summed E-state index contributed by atoms with van der Waals surface area (Å²) in [5, 5.41) is 21.3. The Hall–Kier alpha value is -3.69. The Morgan fingerprint density at radius 3 is 2.32 bits per heavy atom. The fourth-order valence-corrected chi connectivity index (χ4v) is 5.88. The summed E-state index contributed by atoms with van der Waals surface area (Å²) in [6.45, 7) is 7.39. The minimum absolute atomic E-state index is 0.114. The number of aryl methyl sites for hydroxylation is 1. The van der Waals surface area contributed by atoms with Crippen LogP contribution >= 0.6 is 0 Å². The molecule has 0 amide bonds. The summed E-state index contributed by atoms with van der Waals surface area (Å²) >= 11 is 0. The molecule has 0 spiro atoms. The van der Waals surface area contributed by atoms with E-state index in [1.54, 1.807) is 18.3 Å². The molecule has 0 aliphatic carbocycles. The number of anilines is 1. The van der Waals surface area contributed by atoms with E-state index in [1.807, 2.05) is 26.0 Å². The van der Waals surface area contributed by atoms with Gasteiger partial charge < -0.3 is 30.9 Å². The molecule has 2 fully saturated rings. The number of sulfonamides is 1. The van der Waals surface area contributed by atoms with E-state index in [-0.39, 0.29) is 10.9 Å². The highest BCUT2D eigenvalue weighted by Crippen LogP contribution is 2.34. The van der Waals surface area contributed by atoms with Crippen molar-refractivity contribution in [3.8, 4) is 5.69 Å². The van der Waals surface area contributed by atoms with Crippen LogP contribution in [0.3, 0.4) is 0 Å². The number of aromatic nitrogens is 1. The summed E-state index contributed by atoms with van der Waals surface area (Å²) in [4.78, 5) is 11.0. The first-order chi connectivity index (χ1) is 17.5. The van der Waals surface area contributed by atoms with Crippen molar-refractivity contribution >= 4 is 27.9 Å². The van der Waals surface area contributed by atoms with E-state index < -0.39 is 15.1 Å². The highest BCUT2D eigenvalue weighted by atomic mass is 32.2. The fourth-order valence-electron chi connectivity index (χ4n) is 4.45. The zero-order valence-corrected chi connectivity index (χ0v) is 21.6. The van der Waals surface area contributed by atoms with Crippen LogP contribution in [0.5, 0.6) is 0 Å². The van der Waals surface area contributed by atoms with Crippen LogP contribution in [0.2, 0.25) is 0 Å². The molecule has 14 nitrogen and oxygen atoms in total. The molecule has 0 radical (unpaired) electrons. The van der Waals surface area contributed by atoms with Crippen LogP contribution in [0.15, 0.2) is 39.4 Å². The van der Waals surface area contributed by atoms with Crippen molar-refractivity contribution in [1.29, 1.82) is 0 Å². The number of guanidine groups is 1. The summed E-state index contributed by atoms with van der Waals surface area (Å²) in [6.07, 6.45) is 3.84. The SMILES string of the molecule is Cc1cc(C=NN=C(N)N)c(C)n1-c1cc(S(=O)(=O)N2CCOCC2)ccc1N1CCCC1.O=[N+]([O-])O. The lowest BCUT2D eigenvalue weighted by atomic mass is 10.2. The van der Waals surface area contributed by atoms with E-state index >= 15 is 0 Å². The molecule has 2 aliphatic heterocycles. The van der Waals surface area contributed by atoms with Gasteiger partial charge in [-0.1, -0.05) is 0 Å². The smallest absolute Gasteiger partial charge is 0.291 e. The van der Waals surface area contributed by atoms with Crippen molar-refractivity contribution in [2.45, 2.75) is 31.6 Å². The molecule has 4 rings (SSSR count). The third-order valence-electron chi connectivity index (χ3n) is 6.08. The number of rotatable bonds is 6. The molecule has 2 aliphatic rings. The topological polar surface area (TPSA) is 195 Å². The first-order valence-electron chi connectivity index (χ1n) is 11.6. The molecule has 3 heterocycles. The largest absolute Gasteiger partial charge is 0.379 e. The van der Waals surface area contributed by atoms with Crippen LogP contribution in [0.25, 0.3) is 5.69 Å². The number of benzene rings is 1. The highest BCUT2D eigenvalue weighted by molar-refractivity contribution is 7.89. The molecular formula is C22H32N8O6S. The van der Waals surface area contributed by atoms with Crippen molar-refractivity contribution in [3.05, 3.63) is 51.3 Å². The van der Waals surface area contributed by atoms with Crippen LogP contribution in [0.4, 0.5) is 5.69 Å². The molecule has 0 unspecified atom stereocenters. The Kier molecular flexibility index (Phi) is 9.07. The van der Waals surface area contributed by atoms with Gasteiger partial charge in [0.25, 0.3) is 5.09 Å². The lowest BCUT2D eigenvalue weighted by Crippen LogP contribution is -2.40. The summed E-state index contributed by atoms with van der Waals surface area (Å²) in [6, 6.07) is 7.42. The maximum absolute atomic E-state index is 13.4. The lowest BCUT2D eigenvalue weighted by Gasteiger charge is -2.28. The molecule has 0 bridgehead atoms. The predicted molar refractivity (Wildman–Crippen MR) is 138 cm³/mol. The number of nitrogens with zero attached hydrogens (tertiary/aromatic N) is 6. The molecule has 2 saturated heterocycles. The van der Waals surface area contributed by atoms with Crippen LogP contribution in [-0.2, 0) is 14.8 Å². The fraction of sp³-hybridized carbons (Fsp3) is 0.455. The summed E-state index contributed by atoms with van der Waals surface area (Å²) in [5.41, 5.74) is 15.3. The summed E-state index contributed by atoms with van der Waals surface area (Å²) < 4.78 is 35.6. The van der Waals surface area contributed by atoms with E-state index in [1.165, 1.54) is 4.31 Å². The Labute approximate surface area is 215 Å². The van der Waals surface area contributed by atoms with Gasteiger partial charge in [-0.05, 0) is 51.0 Å². The first kappa shape index (κ1) is 27.9. The van der Waals surface area contributed by atoms with Gasteiger partial charge in [0.05, 0.1) is 35.7 Å². The Morgan fingerprint density at radius 2 is 1.73 bits per heavy atom. The van der Waals surface area contributed by atoms with E-state index in [9.17, 15) is 8.42 Å². The highest BCUT2D eigenvalue weighted by Gasteiger charge is 2.28. The molecular weight excluding hydrogens is 504 g/mol. The lowest BCUT2D eigenvalue weighted by molar-refractivity contribution is -0.742. The second-order valence-electron chi connectivity index (χ2n) is 8.53. The molecule has 1 aromatic heterocycles. The predicted octanol–water partition coefficient (Wildman–Crippen LogP) is 0.975. The standard InChI is InChI=1S/C22H31N7O3S.HNO3/c1-16-13-18(15-25-26-22(23)24)17(2)29(16)21-14-19(5-6-20(21)27-7-3-4-8-27)33(30,31)28-9-11-32-12-10-28;2-1(3)4/h5-6,13-15H,3-4,7-12H2,1-2H3,(H4,23,24,26);(H,2,3,4). The Balaban J connectivity index is 0.000000886. The minimum Gasteiger partial charge on any atom is -0.379 e. The van der Waals surface area contributed by atoms with Crippen LogP contribution in [0, 0.1) is 24.0 Å². The number of nitrogens with two attached hydrogens (primary N) is 2. The third-order valence-corrected chi connectivity index (χ3v) is 7.98.